The van der Waals surface area contributed by atoms with E-state index in [0.29, 0.717) is 5.92 Å². The van der Waals surface area contributed by atoms with Crippen molar-refractivity contribution in [3.05, 3.63) is 35.4 Å². The molecule has 0 amide bonds. The number of hydrogen-bond donors (Lipinski definition) is 0. The van der Waals surface area contributed by atoms with E-state index >= 15 is 0 Å². The summed E-state index contributed by atoms with van der Waals surface area (Å²) in [6, 6.07) is 5.68. The van der Waals surface area contributed by atoms with Crippen LogP contribution in [0, 0.1) is 5.92 Å². The van der Waals surface area contributed by atoms with Crippen LogP contribution in [0.4, 0.5) is 13.2 Å². The lowest BCUT2D eigenvalue weighted by atomic mass is 9.72. The summed E-state index contributed by atoms with van der Waals surface area (Å²) in [5.74, 6) is 0.592. The molecule has 1 aromatic carbocycles. The molecule has 0 spiro atoms. The SMILES string of the molecule is CC(C)(c1ccc(C(F)(F)F)cc1)C1CCCC1. The second kappa shape index (κ2) is 4.60. The first-order valence-electron chi connectivity index (χ1n) is 6.49. The summed E-state index contributed by atoms with van der Waals surface area (Å²) in [5, 5.41) is 0. The molecule has 1 aliphatic carbocycles. The lowest BCUT2D eigenvalue weighted by Gasteiger charge is -2.32. The lowest BCUT2D eigenvalue weighted by Crippen LogP contribution is -2.26. The summed E-state index contributed by atoms with van der Waals surface area (Å²) >= 11 is 0. The minimum atomic E-state index is -4.24. The number of hydrogen-bond acceptors (Lipinski definition) is 0. The Bertz CT molecular complexity index is 395. The van der Waals surface area contributed by atoms with Crippen LogP contribution in [0.5, 0.6) is 0 Å². The van der Waals surface area contributed by atoms with Gasteiger partial charge in [-0.1, -0.05) is 38.8 Å². The number of rotatable bonds is 2. The van der Waals surface area contributed by atoms with Crippen LogP contribution in [0.15, 0.2) is 24.3 Å². The first-order chi connectivity index (χ1) is 8.32. The molecule has 1 fully saturated rings. The molecule has 1 aromatic rings. The zero-order chi connectivity index (χ0) is 13.4. The van der Waals surface area contributed by atoms with Crippen LogP contribution in [0.2, 0.25) is 0 Å². The molecule has 1 saturated carbocycles. The average molecular weight is 256 g/mol. The van der Waals surface area contributed by atoms with Gasteiger partial charge in [-0.15, -0.1) is 0 Å². The minimum absolute atomic E-state index is 0.0272. The van der Waals surface area contributed by atoms with Crippen molar-refractivity contribution < 1.29 is 13.2 Å². The predicted octanol–water partition coefficient (Wildman–Crippen LogP) is 5.17. The highest BCUT2D eigenvalue weighted by atomic mass is 19.4. The van der Waals surface area contributed by atoms with Gasteiger partial charge in [0.2, 0.25) is 0 Å². The van der Waals surface area contributed by atoms with Gasteiger partial charge in [0.1, 0.15) is 0 Å². The van der Waals surface area contributed by atoms with Gasteiger partial charge < -0.3 is 0 Å². The first-order valence-corrected chi connectivity index (χ1v) is 6.49. The monoisotopic (exact) mass is 256 g/mol. The van der Waals surface area contributed by atoms with E-state index in [2.05, 4.69) is 13.8 Å². The summed E-state index contributed by atoms with van der Waals surface area (Å²) in [6.07, 6.45) is 0.627. The summed E-state index contributed by atoms with van der Waals surface area (Å²) in [7, 11) is 0. The fourth-order valence-electron chi connectivity index (χ4n) is 2.97. The van der Waals surface area contributed by atoms with Crippen LogP contribution in [0.25, 0.3) is 0 Å². The van der Waals surface area contributed by atoms with Crippen LogP contribution in [-0.2, 0) is 11.6 Å². The molecule has 100 valence electrons. The first kappa shape index (κ1) is 13.4. The quantitative estimate of drug-likeness (QED) is 0.684. The Morgan fingerprint density at radius 1 is 0.889 bits per heavy atom. The minimum Gasteiger partial charge on any atom is -0.166 e. The van der Waals surface area contributed by atoms with Crippen LogP contribution in [0.1, 0.15) is 50.7 Å². The Kier molecular flexibility index (Phi) is 3.43. The van der Waals surface area contributed by atoms with E-state index < -0.39 is 11.7 Å². The van der Waals surface area contributed by atoms with Crippen molar-refractivity contribution in [2.24, 2.45) is 5.92 Å². The van der Waals surface area contributed by atoms with Crippen molar-refractivity contribution in [3.8, 4) is 0 Å². The van der Waals surface area contributed by atoms with Gasteiger partial charge in [0.05, 0.1) is 5.56 Å². The van der Waals surface area contributed by atoms with Crippen molar-refractivity contribution in [1.29, 1.82) is 0 Å². The van der Waals surface area contributed by atoms with Gasteiger partial charge in [-0.2, -0.15) is 13.2 Å². The highest BCUT2D eigenvalue weighted by Gasteiger charge is 2.35. The van der Waals surface area contributed by atoms with Gasteiger partial charge >= 0.3 is 6.18 Å². The second-order valence-electron chi connectivity index (χ2n) is 5.78. The molecule has 0 bridgehead atoms. The predicted molar refractivity (Wildman–Crippen MR) is 66.4 cm³/mol. The third kappa shape index (κ3) is 2.55. The van der Waals surface area contributed by atoms with Crippen LogP contribution in [-0.4, -0.2) is 0 Å². The third-order valence-corrected chi connectivity index (χ3v) is 4.33. The standard InChI is InChI=1S/C15H19F3/c1-14(2,11-5-3-4-6-11)12-7-9-13(10-8-12)15(16,17)18/h7-11H,3-6H2,1-2H3. The summed E-state index contributed by atoms with van der Waals surface area (Å²) in [6.45, 7) is 4.29. The second-order valence-corrected chi connectivity index (χ2v) is 5.78. The largest absolute Gasteiger partial charge is 0.416 e. The Morgan fingerprint density at radius 2 is 1.33 bits per heavy atom. The molecule has 0 N–H and O–H groups in total. The maximum atomic E-state index is 12.5. The van der Waals surface area contributed by atoms with Crippen molar-refractivity contribution in [2.45, 2.75) is 51.1 Å². The van der Waals surface area contributed by atoms with E-state index in [0.717, 1.165) is 5.56 Å². The smallest absolute Gasteiger partial charge is 0.166 e. The Labute approximate surface area is 106 Å². The van der Waals surface area contributed by atoms with E-state index in [1.165, 1.54) is 37.8 Å². The summed E-state index contributed by atoms with van der Waals surface area (Å²) < 4.78 is 37.6. The Morgan fingerprint density at radius 3 is 1.78 bits per heavy atom. The van der Waals surface area contributed by atoms with Gasteiger partial charge in [0.15, 0.2) is 0 Å². The van der Waals surface area contributed by atoms with Gasteiger partial charge in [0, 0.05) is 0 Å². The maximum Gasteiger partial charge on any atom is 0.416 e. The number of benzene rings is 1. The molecule has 18 heavy (non-hydrogen) atoms. The fraction of sp³-hybridized carbons (Fsp3) is 0.600. The van der Waals surface area contributed by atoms with Crippen molar-refractivity contribution in [1.82, 2.24) is 0 Å². The molecular formula is C15H19F3. The van der Waals surface area contributed by atoms with Crippen molar-refractivity contribution in [3.63, 3.8) is 0 Å². The van der Waals surface area contributed by atoms with Gasteiger partial charge in [-0.05, 0) is 41.9 Å². The highest BCUT2D eigenvalue weighted by molar-refractivity contribution is 5.30. The van der Waals surface area contributed by atoms with Crippen LogP contribution in [0.3, 0.4) is 0 Å². The molecule has 0 atom stereocenters. The Balaban J connectivity index is 2.23. The summed E-state index contributed by atoms with van der Waals surface area (Å²) in [4.78, 5) is 0. The van der Waals surface area contributed by atoms with E-state index in [1.807, 2.05) is 0 Å². The molecule has 1 aliphatic rings. The molecule has 0 saturated heterocycles. The Hall–Kier alpha value is -0.990. The molecule has 0 radical (unpaired) electrons. The van der Waals surface area contributed by atoms with Crippen LogP contribution < -0.4 is 0 Å². The maximum absolute atomic E-state index is 12.5. The van der Waals surface area contributed by atoms with Crippen molar-refractivity contribution >= 4 is 0 Å². The molecule has 0 heterocycles. The topological polar surface area (TPSA) is 0 Å². The zero-order valence-corrected chi connectivity index (χ0v) is 10.8. The average Bonchev–Trinajstić information content (AvgIpc) is 2.82. The fourth-order valence-corrected chi connectivity index (χ4v) is 2.97. The van der Waals surface area contributed by atoms with E-state index in [4.69, 9.17) is 0 Å². The lowest BCUT2D eigenvalue weighted by molar-refractivity contribution is -0.137. The molecule has 3 heteroatoms. The normalized spacial score (nSPS) is 18.3. The summed E-state index contributed by atoms with van der Waals surface area (Å²) in [5.41, 5.74) is 0.427. The molecule has 0 aromatic heterocycles. The highest BCUT2D eigenvalue weighted by Crippen LogP contribution is 2.42. The third-order valence-electron chi connectivity index (χ3n) is 4.33. The molecule has 0 nitrogen and oxygen atoms in total. The number of alkyl halides is 3. The van der Waals surface area contributed by atoms with Gasteiger partial charge in [-0.25, -0.2) is 0 Å². The van der Waals surface area contributed by atoms with E-state index in [9.17, 15) is 13.2 Å². The molecule has 0 unspecified atom stereocenters. The number of halogens is 3. The van der Waals surface area contributed by atoms with Crippen molar-refractivity contribution in [2.75, 3.05) is 0 Å². The molecule has 0 aliphatic heterocycles. The van der Waals surface area contributed by atoms with E-state index in [1.54, 1.807) is 12.1 Å². The van der Waals surface area contributed by atoms with Crippen LogP contribution >= 0.6 is 0 Å². The molecular weight excluding hydrogens is 237 g/mol. The van der Waals surface area contributed by atoms with Gasteiger partial charge in [-0.3, -0.25) is 0 Å². The van der Waals surface area contributed by atoms with E-state index in [-0.39, 0.29) is 5.41 Å². The molecule has 2 rings (SSSR count). The zero-order valence-electron chi connectivity index (χ0n) is 10.8. The van der Waals surface area contributed by atoms with Gasteiger partial charge in [0.25, 0.3) is 0 Å².